The fourth-order valence-electron chi connectivity index (χ4n) is 0.988. The summed E-state index contributed by atoms with van der Waals surface area (Å²) in [6.07, 6.45) is 0.893. The van der Waals surface area contributed by atoms with Crippen molar-refractivity contribution in [1.82, 2.24) is 5.32 Å². The Hall–Kier alpha value is -0.570. The van der Waals surface area contributed by atoms with Crippen LogP contribution in [0.2, 0.25) is 0 Å². The summed E-state index contributed by atoms with van der Waals surface area (Å²) in [5, 5.41) is 11.7. The Morgan fingerprint density at radius 1 is 1.55 bits per heavy atom. The van der Waals surface area contributed by atoms with E-state index in [-0.39, 0.29) is 12.0 Å². The molecular weight excluding hydrogens is 142 g/mol. The van der Waals surface area contributed by atoms with Crippen molar-refractivity contribution in [3.63, 3.8) is 0 Å². The van der Waals surface area contributed by atoms with Crippen molar-refractivity contribution >= 4 is 5.97 Å². The van der Waals surface area contributed by atoms with Crippen LogP contribution in [0.4, 0.5) is 0 Å². The van der Waals surface area contributed by atoms with Crippen molar-refractivity contribution in [2.45, 2.75) is 33.2 Å². The van der Waals surface area contributed by atoms with E-state index in [1.54, 1.807) is 0 Å². The van der Waals surface area contributed by atoms with Gasteiger partial charge in [0.05, 0.1) is 0 Å². The van der Waals surface area contributed by atoms with Crippen LogP contribution in [-0.2, 0) is 4.79 Å². The Labute approximate surface area is 67.8 Å². The van der Waals surface area contributed by atoms with Crippen molar-refractivity contribution in [2.24, 2.45) is 5.92 Å². The second kappa shape index (κ2) is 5.13. The Balaban J connectivity index is 3.97. The molecule has 2 N–H and O–H groups in total. The lowest BCUT2D eigenvalue weighted by atomic mass is 9.99. The summed E-state index contributed by atoms with van der Waals surface area (Å²) >= 11 is 0. The Bertz CT molecular complexity index is 125. The van der Waals surface area contributed by atoms with Crippen molar-refractivity contribution in [3.05, 3.63) is 0 Å². The number of rotatable bonds is 5. The Morgan fingerprint density at radius 2 is 2.09 bits per heavy atom. The largest absolute Gasteiger partial charge is 0.480 e. The molecule has 0 aliphatic carbocycles. The number of carboxylic acid groups (broad SMARTS) is 1. The maximum absolute atomic E-state index is 10.6. The van der Waals surface area contributed by atoms with Crippen molar-refractivity contribution < 1.29 is 9.90 Å². The predicted molar refractivity (Wildman–Crippen MR) is 44.6 cm³/mol. The average molecular weight is 159 g/mol. The molecule has 11 heavy (non-hydrogen) atoms. The zero-order chi connectivity index (χ0) is 8.85. The van der Waals surface area contributed by atoms with E-state index in [1.165, 1.54) is 0 Å². The van der Waals surface area contributed by atoms with E-state index < -0.39 is 5.97 Å². The third-order valence-corrected chi connectivity index (χ3v) is 1.90. The SMILES string of the molecule is CCNC(C(=O)O)C(C)CC. The van der Waals surface area contributed by atoms with Gasteiger partial charge < -0.3 is 10.4 Å². The Kier molecular flexibility index (Phi) is 4.86. The van der Waals surface area contributed by atoms with Crippen LogP contribution >= 0.6 is 0 Å². The van der Waals surface area contributed by atoms with Gasteiger partial charge in [-0.15, -0.1) is 0 Å². The van der Waals surface area contributed by atoms with Crippen LogP contribution in [0.1, 0.15) is 27.2 Å². The molecule has 0 aromatic heterocycles. The number of carboxylic acids is 1. The first-order valence-electron chi connectivity index (χ1n) is 4.09. The van der Waals surface area contributed by atoms with E-state index >= 15 is 0 Å². The molecule has 0 fully saturated rings. The van der Waals surface area contributed by atoms with Crippen LogP contribution in [0, 0.1) is 5.92 Å². The highest BCUT2D eigenvalue weighted by molar-refractivity contribution is 5.73. The molecule has 0 radical (unpaired) electrons. The molecule has 0 saturated carbocycles. The van der Waals surface area contributed by atoms with Gasteiger partial charge >= 0.3 is 5.97 Å². The molecule has 0 aliphatic heterocycles. The second-order valence-electron chi connectivity index (χ2n) is 2.76. The van der Waals surface area contributed by atoms with Gasteiger partial charge in [0, 0.05) is 0 Å². The number of hydrogen-bond acceptors (Lipinski definition) is 2. The molecule has 0 spiro atoms. The lowest BCUT2D eigenvalue weighted by molar-refractivity contribution is -0.140. The molecular formula is C8H17NO2. The summed E-state index contributed by atoms with van der Waals surface area (Å²) in [5.74, 6) is -0.548. The molecule has 0 aromatic carbocycles. The van der Waals surface area contributed by atoms with E-state index in [1.807, 2.05) is 20.8 Å². The minimum Gasteiger partial charge on any atom is -0.480 e. The molecule has 3 heteroatoms. The highest BCUT2D eigenvalue weighted by atomic mass is 16.4. The van der Waals surface area contributed by atoms with Gasteiger partial charge in [0.25, 0.3) is 0 Å². The summed E-state index contributed by atoms with van der Waals surface area (Å²) in [5.41, 5.74) is 0. The average Bonchev–Trinajstić information content (AvgIpc) is 1.98. The maximum Gasteiger partial charge on any atom is 0.320 e. The number of carbonyl (C=O) groups is 1. The third-order valence-electron chi connectivity index (χ3n) is 1.90. The van der Waals surface area contributed by atoms with Gasteiger partial charge in [0.1, 0.15) is 6.04 Å². The predicted octanol–water partition coefficient (Wildman–Crippen LogP) is 1.10. The minimum atomic E-state index is -0.749. The number of hydrogen-bond donors (Lipinski definition) is 2. The maximum atomic E-state index is 10.6. The first-order chi connectivity index (χ1) is 5.13. The van der Waals surface area contributed by atoms with Crippen molar-refractivity contribution in [2.75, 3.05) is 6.54 Å². The van der Waals surface area contributed by atoms with Gasteiger partial charge in [-0.3, -0.25) is 4.79 Å². The van der Waals surface area contributed by atoms with Crippen LogP contribution in [0.5, 0.6) is 0 Å². The standard InChI is InChI=1S/C8H17NO2/c1-4-6(3)7(8(10)11)9-5-2/h6-7,9H,4-5H2,1-3H3,(H,10,11). The van der Waals surface area contributed by atoms with Crippen LogP contribution in [0.3, 0.4) is 0 Å². The first kappa shape index (κ1) is 10.4. The quantitative estimate of drug-likeness (QED) is 0.631. The van der Waals surface area contributed by atoms with E-state index in [4.69, 9.17) is 5.11 Å². The lowest BCUT2D eigenvalue weighted by Gasteiger charge is -2.18. The summed E-state index contributed by atoms with van der Waals surface area (Å²) in [6, 6.07) is -0.384. The van der Waals surface area contributed by atoms with Crippen molar-refractivity contribution in [3.8, 4) is 0 Å². The van der Waals surface area contributed by atoms with E-state index in [2.05, 4.69) is 5.32 Å². The van der Waals surface area contributed by atoms with E-state index in [9.17, 15) is 4.79 Å². The summed E-state index contributed by atoms with van der Waals surface area (Å²) in [4.78, 5) is 10.6. The minimum absolute atomic E-state index is 0.201. The fourth-order valence-corrected chi connectivity index (χ4v) is 0.988. The summed E-state index contributed by atoms with van der Waals surface area (Å²) in [7, 11) is 0. The van der Waals surface area contributed by atoms with Crippen LogP contribution in [0.15, 0.2) is 0 Å². The van der Waals surface area contributed by atoms with Gasteiger partial charge in [-0.1, -0.05) is 27.2 Å². The third kappa shape index (κ3) is 3.37. The van der Waals surface area contributed by atoms with E-state index in [0.29, 0.717) is 6.54 Å². The zero-order valence-corrected chi connectivity index (χ0v) is 7.42. The molecule has 2 unspecified atom stereocenters. The zero-order valence-electron chi connectivity index (χ0n) is 7.42. The molecule has 0 bridgehead atoms. The molecule has 66 valence electrons. The van der Waals surface area contributed by atoms with Gasteiger partial charge in [0.15, 0.2) is 0 Å². The fraction of sp³-hybridized carbons (Fsp3) is 0.875. The van der Waals surface area contributed by atoms with Crippen LogP contribution in [0.25, 0.3) is 0 Å². The monoisotopic (exact) mass is 159 g/mol. The van der Waals surface area contributed by atoms with Gasteiger partial charge in [-0.05, 0) is 12.5 Å². The topological polar surface area (TPSA) is 49.3 Å². The highest BCUT2D eigenvalue weighted by Gasteiger charge is 2.21. The van der Waals surface area contributed by atoms with Gasteiger partial charge in [-0.2, -0.15) is 0 Å². The number of nitrogens with one attached hydrogen (secondary N) is 1. The first-order valence-corrected chi connectivity index (χ1v) is 4.09. The molecule has 0 saturated heterocycles. The molecule has 3 nitrogen and oxygen atoms in total. The summed E-state index contributed by atoms with van der Waals surface area (Å²) < 4.78 is 0. The molecule has 0 aromatic rings. The second-order valence-corrected chi connectivity index (χ2v) is 2.76. The van der Waals surface area contributed by atoms with Crippen LogP contribution < -0.4 is 5.32 Å². The molecule has 0 aliphatic rings. The normalized spacial score (nSPS) is 15.9. The number of likely N-dealkylation sites (N-methyl/N-ethyl adjacent to an activating group) is 1. The van der Waals surface area contributed by atoms with Gasteiger partial charge in [0.2, 0.25) is 0 Å². The molecule has 0 rings (SSSR count). The number of aliphatic carboxylic acids is 1. The van der Waals surface area contributed by atoms with Crippen LogP contribution in [-0.4, -0.2) is 23.7 Å². The molecule has 0 amide bonds. The highest BCUT2D eigenvalue weighted by Crippen LogP contribution is 2.07. The summed E-state index contributed by atoms with van der Waals surface area (Å²) in [6.45, 7) is 6.57. The smallest absolute Gasteiger partial charge is 0.320 e. The molecule has 2 atom stereocenters. The lowest BCUT2D eigenvalue weighted by Crippen LogP contribution is -2.41. The van der Waals surface area contributed by atoms with Gasteiger partial charge in [-0.25, -0.2) is 0 Å². The van der Waals surface area contributed by atoms with E-state index in [0.717, 1.165) is 6.42 Å². The Morgan fingerprint density at radius 3 is 2.36 bits per heavy atom. The van der Waals surface area contributed by atoms with Crippen molar-refractivity contribution in [1.29, 1.82) is 0 Å². The molecule has 0 heterocycles.